The maximum Gasteiger partial charge on any atom is 0.260 e. The lowest BCUT2D eigenvalue weighted by Gasteiger charge is -2.39. The summed E-state index contributed by atoms with van der Waals surface area (Å²) in [5.74, 6) is -0.0463. The maximum absolute atomic E-state index is 15.1. The van der Waals surface area contributed by atoms with Crippen molar-refractivity contribution in [2.45, 2.75) is 44.3 Å². The first-order valence-electron chi connectivity index (χ1n) is 8.34. The molecule has 0 spiro atoms. The third kappa shape index (κ3) is 3.77. The molecule has 0 radical (unpaired) electrons. The zero-order valence-corrected chi connectivity index (χ0v) is 13.4. The molecular weight excluding hydrogens is 297 g/mol. The number of halogens is 1. The Morgan fingerprint density at radius 3 is 2.35 bits per heavy atom. The first-order chi connectivity index (χ1) is 11.1. The average Bonchev–Trinajstić information content (AvgIpc) is 2.59. The number of carbonyl (C=O) groups is 1. The van der Waals surface area contributed by atoms with E-state index in [-0.39, 0.29) is 24.7 Å². The molecule has 2 saturated heterocycles. The van der Waals surface area contributed by atoms with E-state index in [4.69, 9.17) is 5.73 Å². The van der Waals surface area contributed by atoms with Crippen LogP contribution in [0.15, 0.2) is 12.4 Å². The van der Waals surface area contributed by atoms with E-state index in [1.54, 1.807) is 17.3 Å². The zero-order valence-electron chi connectivity index (χ0n) is 13.4. The number of carbonyl (C=O) groups excluding carboxylic acids is 1. The van der Waals surface area contributed by atoms with Gasteiger partial charge in [0.1, 0.15) is 0 Å². The number of hydrogen-bond acceptors (Lipinski definition) is 5. The Hall–Kier alpha value is -1.76. The van der Waals surface area contributed by atoms with E-state index in [1.165, 1.54) is 0 Å². The number of nitrogens with two attached hydrogens (primary N) is 1. The number of likely N-dealkylation sites (tertiary alicyclic amines) is 2. The lowest BCUT2D eigenvalue weighted by atomic mass is 9.91. The Bertz CT molecular complexity index is 536. The second-order valence-corrected chi connectivity index (χ2v) is 6.54. The first-order valence-corrected chi connectivity index (χ1v) is 8.34. The van der Waals surface area contributed by atoms with Crippen LogP contribution in [-0.4, -0.2) is 57.5 Å². The summed E-state index contributed by atoms with van der Waals surface area (Å²) < 4.78 is 15.1. The van der Waals surface area contributed by atoms with E-state index in [0.717, 1.165) is 24.8 Å². The molecule has 0 aliphatic carbocycles. The molecule has 1 amide bonds. The fourth-order valence-electron chi connectivity index (χ4n) is 3.36. The number of rotatable bonds is 3. The van der Waals surface area contributed by atoms with Crippen molar-refractivity contribution in [2.24, 2.45) is 0 Å². The predicted octanol–water partition coefficient (Wildman–Crippen LogP) is 1.38. The Balaban J connectivity index is 1.54. The van der Waals surface area contributed by atoms with Crippen molar-refractivity contribution in [3.8, 4) is 0 Å². The minimum atomic E-state index is -1.69. The molecule has 126 valence electrons. The van der Waals surface area contributed by atoms with Gasteiger partial charge < -0.3 is 10.6 Å². The van der Waals surface area contributed by atoms with Gasteiger partial charge in [-0.15, -0.1) is 0 Å². The summed E-state index contributed by atoms with van der Waals surface area (Å²) >= 11 is 0. The first kappa shape index (κ1) is 16.1. The largest absolute Gasteiger partial charge is 0.368 e. The van der Waals surface area contributed by atoms with Crippen molar-refractivity contribution >= 4 is 11.9 Å². The number of nitrogen functional groups attached to an aromatic ring is 1. The van der Waals surface area contributed by atoms with Gasteiger partial charge in [-0.3, -0.25) is 9.69 Å². The summed E-state index contributed by atoms with van der Waals surface area (Å²) in [6, 6.07) is 0. The number of anilines is 1. The highest BCUT2D eigenvalue weighted by Crippen LogP contribution is 2.30. The van der Waals surface area contributed by atoms with Gasteiger partial charge in [0, 0.05) is 63.5 Å². The van der Waals surface area contributed by atoms with E-state index in [1.807, 2.05) is 0 Å². The number of alkyl halides is 1. The van der Waals surface area contributed by atoms with Crippen molar-refractivity contribution < 1.29 is 9.18 Å². The quantitative estimate of drug-likeness (QED) is 0.910. The molecule has 7 heteroatoms. The van der Waals surface area contributed by atoms with E-state index in [0.29, 0.717) is 32.7 Å². The standard InChI is InChI=1S/C16H24FN5O/c17-16(14(23)22-6-2-1-3-7-22)4-8-21(9-5-16)12-13-10-19-15(18)20-11-13/h10-11H,1-9,12H2,(H2,18,19,20). The number of aromatic nitrogens is 2. The molecule has 2 aliphatic rings. The second kappa shape index (κ2) is 6.78. The van der Waals surface area contributed by atoms with Gasteiger partial charge in [-0.2, -0.15) is 0 Å². The molecule has 0 bridgehead atoms. The molecular formula is C16H24FN5O. The van der Waals surface area contributed by atoms with E-state index in [2.05, 4.69) is 14.9 Å². The lowest BCUT2D eigenvalue weighted by molar-refractivity contribution is -0.148. The van der Waals surface area contributed by atoms with Gasteiger partial charge in [-0.1, -0.05) is 0 Å². The molecule has 6 nitrogen and oxygen atoms in total. The van der Waals surface area contributed by atoms with Gasteiger partial charge in [0.25, 0.3) is 5.91 Å². The minimum absolute atomic E-state index is 0.252. The van der Waals surface area contributed by atoms with Crippen LogP contribution in [0.3, 0.4) is 0 Å². The molecule has 23 heavy (non-hydrogen) atoms. The molecule has 2 aliphatic heterocycles. The van der Waals surface area contributed by atoms with Crippen LogP contribution in [0.25, 0.3) is 0 Å². The van der Waals surface area contributed by atoms with Gasteiger partial charge in [0.2, 0.25) is 5.95 Å². The van der Waals surface area contributed by atoms with Gasteiger partial charge in [0.15, 0.2) is 5.67 Å². The molecule has 0 atom stereocenters. The number of amides is 1. The van der Waals surface area contributed by atoms with Gasteiger partial charge in [-0.05, 0) is 19.3 Å². The predicted molar refractivity (Wildman–Crippen MR) is 85.2 cm³/mol. The highest BCUT2D eigenvalue weighted by Gasteiger charge is 2.44. The van der Waals surface area contributed by atoms with Crippen LogP contribution in [0.2, 0.25) is 0 Å². The summed E-state index contributed by atoms with van der Waals surface area (Å²) in [6.07, 6.45) is 7.03. The van der Waals surface area contributed by atoms with Crippen LogP contribution in [0.5, 0.6) is 0 Å². The average molecular weight is 321 g/mol. The van der Waals surface area contributed by atoms with E-state index < -0.39 is 5.67 Å². The highest BCUT2D eigenvalue weighted by atomic mass is 19.1. The Morgan fingerprint density at radius 2 is 1.74 bits per heavy atom. The van der Waals surface area contributed by atoms with Crippen molar-refractivity contribution in [3.63, 3.8) is 0 Å². The normalized spacial score (nSPS) is 22.0. The number of nitrogens with zero attached hydrogens (tertiary/aromatic N) is 4. The van der Waals surface area contributed by atoms with Gasteiger partial charge in [-0.25, -0.2) is 14.4 Å². The summed E-state index contributed by atoms with van der Waals surface area (Å²) in [5, 5.41) is 0. The molecule has 0 unspecified atom stereocenters. The monoisotopic (exact) mass is 321 g/mol. The van der Waals surface area contributed by atoms with Crippen molar-refractivity contribution in [1.82, 2.24) is 19.8 Å². The van der Waals surface area contributed by atoms with Crippen LogP contribution in [0.1, 0.15) is 37.7 Å². The topological polar surface area (TPSA) is 75.3 Å². The van der Waals surface area contributed by atoms with Crippen LogP contribution >= 0.6 is 0 Å². The molecule has 2 N–H and O–H groups in total. The zero-order chi connectivity index (χ0) is 16.3. The Morgan fingerprint density at radius 1 is 1.13 bits per heavy atom. The number of piperidine rings is 2. The molecule has 2 fully saturated rings. The van der Waals surface area contributed by atoms with E-state index >= 15 is 4.39 Å². The molecule has 0 aromatic carbocycles. The van der Waals surface area contributed by atoms with Crippen LogP contribution in [-0.2, 0) is 11.3 Å². The smallest absolute Gasteiger partial charge is 0.260 e. The summed E-state index contributed by atoms with van der Waals surface area (Å²) in [7, 11) is 0. The molecule has 1 aromatic rings. The fraction of sp³-hybridized carbons (Fsp3) is 0.688. The molecule has 1 aromatic heterocycles. The molecule has 0 saturated carbocycles. The Labute approximate surface area is 135 Å². The molecule has 3 rings (SSSR count). The third-order valence-electron chi connectivity index (χ3n) is 4.81. The van der Waals surface area contributed by atoms with E-state index in [9.17, 15) is 4.79 Å². The van der Waals surface area contributed by atoms with Gasteiger partial charge >= 0.3 is 0 Å². The highest BCUT2D eigenvalue weighted by molar-refractivity contribution is 5.85. The van der Waals surface area contributed by atoms with Crippen molar-refractivity contribution in [3.05, 3.63) is 18.0 Å². The lowest BCUT2D eigenvalue weighted by Crippen LogP contribution is -2.53. The van der Waals surface area contributed by atoms with Crippen LogP contribution < -0.4 is 5.73 Å². The summed E-state index contributed by atoms with van der Waals surface area (Å²) in [6.45, 7) is 3.21. The summed E-state index contributed by atoms with van der Waals surface area (Å²) in [4.78, 5) is 24.3. The maximum atomic E-state index is 15.1. The van der Waals surface area contributed by atoms with Crippen molar-refractivity contribution in [2.75, 3.05) is 31.9 Å². The molecule has 3 heterocycles. The fourth-order valence-corrected chi connectivity index (χ4v) is 3.36. The van der Waals surface area contributed by atoms with Crippen LogP contribution in [0, 0.1) is 0 Å². The van der Waals surface area contributed by atoms with Gasteiger partial charge in [0.05, 0.1) is 0 Å². The van der Waals surface area contributed by atoms with Crippen molar-refractivity contribution in [1.29, 1.82) is 0 Å². The number of hydrogen-bond donors (Lipinski definition) is 1. The third-order valence-corrected chi connectivity index (χ3v) is 4.81. The second-order valence-electron chi connectivity index (χ2n) is 6.54. The van der Waals surface area contributed by atoms with Crippen LogP contribution in [0.4, 0.5) is 10.3 Å². The SMILES string of the molecule is Nc1ncc(CN2CCC(F)(C(=O)N3CCCCC3)CC2)cn1. The minimum Gasteiger partial charge on any atom is -0.368 e. The summed E-state index contributed by atoms with van der Waals surface area (Å²) in [5.41, 5.74) is 4.73. The Kier molecular flexibility index (Phi) is 4.75.